The summed E-state index contributed by atoms with van der Waals surface area (Å²) in [5.74, 6) is -0.546. The minimum Gasteiger partial charge on any atom is -0.481 e. The number of hydrogen-bond donors (Lipinski definition) is 2. The fraction of sp³-hybridized carbons (Fsp3) is 0.519. The van der Waals surface area contributed by atoms with Crippen molar-refractivity contribution in [3.63, 3.8) is 0 Å². The Hall–Kier alpha value is -2.03. The number of carboxylic acids is 1. The number of morpholine rings is 1. The van der Waals surface area contributed by atoms with E-state index < -0.39 is 12.1 Å². The highest BCUT2D eigenvalue weighted by Gasteiger charge is 2.45. The molecule has 4 rings (SSSR count). The van der Waals surface area contributed by atoms with E-state index in [4.69, 9.17) is 14.6 Å². The molecule has 2 fully saturated rings. The Kier molecular flexibility index (Phi) is 9.30. The SMILES string of the molecule is O=C(O)CC/C=C\CC[C@@H]1[C@@H](N2CCOCC2)[C@H](O)C[C@@H]1OCc1ccc(-c2cccs2)cc1. The molecule has 0 unspecified atom stereocenters. The molecule has 1 aromatic heterocycles. The van der Waals surface area contributed by atoms with E-state index in [2.05, 4.69) is 52.8 Å². The third-order valence-electron chi connectivity index (χ3n) is 6.83. The number of ether oxygens (including phenoxy) is 2. The van der Waals surface area contributed by atoms with Crippen molar-refractivity contribution in [1.29, 1.82) is 0 Å². The number of carbonyl (C=O) groups is 1. The fourth-order valence-electron chi connectivity index (χ4n) is 5.14. The summed E-state index contributed by atoms with van der Waals surface area (Å²) >= 11 is 1.74. The maximum atomic E-state index is 11.0. The van der Waals surface area contributed by atoms with Crippen LogP contribution in [0, 0.1) is 5.92 Å². The van der Waals surface area contributed by atoms with Gasteiger partial charge in [0.2, 0.25) is 0 Å². The second-order valence-corrected chi connectivity index (χ2v) is 10.1. The third kappa shape index (κ3) is 6.77. The summed E-state index contributed by atoms with van der Waals surface area (Å²) in [6, 6.07) is 12.8. The molecule has 1 saturated heterocycles. The molecule has 0 radical (unpaired) electrons. The summed E-state index contributed by atoms with van der Waals surface area (Å²) in [4.78, 5) is 14.3. The van der Waals surface area contributed by atoms with Crippen LogP contribution in [0.1, 0.15) is 37.7 Å². The average Bonchev–Trinajstić information content (AvgIpc) is 3.49. The van der Waals surface area contributed by atoms with Crippen molar-refractivity contribution in [1.82, 2.24) is 4.90 Å². The molecule has 0 amide bonds. The Morgan fingerprint density at radius 1 is 1.15 bits per heavy atom. The van der Waals surface area contributed by atoms with Crippen LogP contribution in [-0.4, -0.2) is 65.6 Å². The molecular formula is C27H35NO5S. The lowest BCUT2D eigenvalue weighted by molar-refractivity contribution is -0.136. The van der Waals surface area contributed by atoms with Crippen molar-refractivity contribution in [3.05, 3.63) is 59.5 Å². The molecule has 4 atom stereocenters. The minimum absolute atomic E-state index is 0.00719. The Labute approximate surface area is 205 Å². The maximum Gasteiger partial charge on any atom is 0.303 e. The monoisotopic (exact) mass is 485 g/mol. The molecule has 2 heterocycles. The molecule has 1 saturated carbocycles. The maximum absolute atomic E-state index is 11.0. The van der Waals surface area contributed by atoms with Gasteiger partial charge in [-0.3, -0.25) is 9.69 Å². The zero-order chi connectivity index (χ0) is 23.8. The lowest BCUT2D eigenvalue weighted by Gasteiger charge is -2.38. The van der Waals surface area contributed by atoms with Crippen LogP contribution in [0.5, 0.6) is 0 Å². The average molecular weight is 486 g/mol. The number of allylic oxidation sites excluding steroid dienone is 2. The highest BCUT2D eigenvalue weighted by atomic mass is 32.1. The molecule has 1 aromatic carbocycles. The predicted molar refractivity (Wildman–Crippen MR) is 134 cm³/mol. The zero-order valence-corrected chi connectivity index (χ0v) is 20.4. The molecule has 7 heteroatoms. The van der Waals surface area contributed by atoms with Gasteiger partial charge in [0, 0.05) is 42.8 Å². The number of thiophene rings is 1. The normalized spacial score (nSPS) is 25.8. The lowest BCUT2D eigenvalue weighted by Crippen LogP contribution is -2.50. The first-order chi connectivity index (χ1) is 16.6. The van der Waals surface area contributed by atoms with Crippen molar-refractivity contribution in [2.45, 2.75) is 57.0 Å². The Bertz CT molecular complexity index is 908. The van der Waals surface area contributed by atoms with E-state index in [0.29, 0.717) is 32.7 Å². The fourth-order valence-corrected chi connectivity index (χ4v) is 5.87. The van der Waals surface area contributed by atoms with Crippen LogP contribution >= 0.6 is 11.3 Å². The number of hydrogen-bond acceptors (Lipinski definition) is 6. The van der Waals surface area contributed by atoms with Crippen LogP contribution in [0.3, 0.4) is 0 Å². The smallest absolute Gasteiger partial charge is 0.303 e. The highest BCUT2D eigenvalue weighted by molar-refractivity contribution is 7.13. The molecule has 184 valence electrons. The number of aliphatic hydroxyl groups is 1. The van der Waals surface area contributed by atoms with Gasteiger partial charge in [-0.15, -0.1) is 11.3 Å². The molecular weight excluding hydrogens is 450 g/mol. The zero-order valence-electron chi connectivity index (χ0n) is 19.6. The summed E-state index contributed by atoms with van der Waals surface area (Å²) < 4.78 is 11.9. The highest BCUT2D eigenvalue weighted by Crippen LogP contribution is 2.37. The van der Waals surface area contributed by atoms with Crippen LogP contribution < -0.4 is 0 Å². The van der Waals surface area contributed by atoms with Crippen molar-refractivity contribution in [2.75, 3.05) is 26.3 Å². The molecule has 0 bridgehead atoms. The van der Waals surface area contributed by atoms with E-state index in [1.807, 2.05) is 6.08 Å². The predicted octanol–water partition coefficient (Wildman–Crippen LogP) is 4.58. The number of aliphatic hydroxyl groups excluding tert-OH is 1. The summed E-state index contributed by atoms with van der Waals surface area (Å²) in [6.07, 6.45) is 6.72. The lowest BCUT2D eigenvalue weighted by atomic mass is 9.93. The Morgan fingerprint density at radius 2 is 1.91 bits per heavy atom. The van der Waals surface area contributed by atoms with Gasteiger partial charge >= 0.3 is 5.97 Å². The van der Waals surface area contributed by atoms with Gasteiger partial charge in [0.1, 0.15) is 0 Å². The minimum atomic E-state index is -0.771. The van der Waals surface area contributed by atoms with E-state index in [0.717, 1.165) is 31.5 Å². The molecule has 0 spiro atoms. The molecule has 6 nitrogen and oxygen atoms in total. The first-order valence-electron chi connectivity index (χ1n) is 12.2. The van der Waals surface area contributed by atoms with Gasteiger partial charge in [0.05, 0.1) is 32.0 Å². The summed E-state index contributed by atoms with van der Waals surface area (Å²) in [5.41, 5.74) is 2.35. The molecule has 34 heavy (non-hydrogen) atoms. The van der Waals surface area contributed by atoms with E-state index in [1.54, 1.807) is 11.3 Å². The number of rotatable bonds is 11. The third-order valence-corrected chi connectivity index (χ3v) is 7.75. The van der Waals surface area contributed by atoms with Crippen molar-refractivity contribution < 1.29 is 24.5 Å². The summed E-state index contributed by atoms with van der Waals surface area (Å²) in [5, 5.41) is 21.9. The summed E-state index contributed by atoms with van der Waals surface area (Å²) in [6.45, 7) is 3.61. The van der Waals surface area contributed by atoms with Gasteiger partial charge in [-0.2, -0.15) is 0 Å². The van der Waals surface area contributed by atoms with E-state index in [-0.39, 0.29) is 24.5 Å². The van der Waals surface area contributed by atoms with Gasteiger partial charge in [0.15, 0.2) is 0 Å². The summed E-state index contributed by atoms with van der Waals surface area (Å²) in [7, 11) is 0. The largest absolute Gasteiger partial charge is 0.481 e. The molecule has 2 aromatic rings. The van der Waals surface area contributed by atoms with Crippen LogP contribution in [0.2, 0.25) is 0 Å². The standard InChI is InChI=1S/C27H35NO5S/c29-23-18-24(33-19-20-9-11-21(12-10-20)25-7-5-17-34-25)22(6-3-1-2-4-8-26(30)31)27(23)28-13-15-32-16-14-28/h1-2,5,7,9-12,17,22-24,27,29H,3-4,6,8,13-16,18-19H2,(H,30,31)/b2-1-/t22-,23+,24-,27+/m0/s1. The van der Waals surface area contributed by atoms with Gasteiger partial charge in [-0.05, 0) is 41.8 Å². The first-order valence-corrected chi connectivity index (χ1v) is 13.1. The molecule has 2 aliphatic rings. The second kappa shape index (κ2) is 12.6. The second-order valence-electron chi connectivity index (χ2n) is 9.11. The van der Waals surface area contributed by atoms with Crippen LogP contribution in [0.4, 0.5) is 0 Å². The van der Waals surface area contributed by atoms with Crippen LogP contribution in [0.25, 0.3) is 10.4 Å². The van der Waals surface area contributed by atoms with Crippen molar-refractivity contribution in [2.24, 2.45) is 5.92 Å². The van der Waals surface area contributed by atoms with Gasteiger partial charge in [-0.25, -0.2) is 0 Å². The van der Waals surface area contributed by atoms with Crippen molar-refractivity contribution >= 4 is 17.3 Å². The molecule has 1 aliphatic carbocycles. The van der Waals surface area contributed by atoms with E-state index in [1.165, 1.54) is 10.4 Å². The number of nitrogens with zero attached hydrogens (tertiary/aromatic N) is 1. The van der Waals surface area contributed by atoms with Crippen molar-refractivity contribution in [3.8, 4) is 10.4 Å². The van der Waals surface area contributed by atoms with Gasteiger partial charge in [0.25, 0.3) is 0 Å². The topological polar surface area (TPSA) is 79.2 Å². The van der Waals surface area contributed by atoms with Crippen LogP contribution in [0.15, 0.2) is 53.9 Å². The number of aliphatic carboxylic acids is 1. The molecule has 2 N–H and O–H groups in total. The van der Waals surface area contributed by atoms with Gasteiger partial charge in [-0.1, -0.05) is 42.5 Å². The first kappa shape index (κ1) is 25.1. The van der Waals surface area contributed by atoms with Crippen LogP contribution in [-0.2, 0) is 20.9 Å². The number of carboxylic acid groups (broad SMARTS) is 1. The quantitative estimate of drug-likeness (QED) is 0.454. The van der Waals surface area contributed by atoms with E-state index in [9.17, 15) is 9.90 Å². The molecule has 1 aliphatic heterocycles. The Balaban J connectivity index is 1.37. The van der Waals surface area contributed by atoms with Gasteiger partial charge < -0.3 is 19.7 Å². The number of benzene rings is 1. The van der Waals surface area contributed by atoms with E-state index >= 15 is 0 Å². The Morgan fingerprint density at radius 3 is 2.62 bits per heavy atom.